The van der Waals surface area contributed by atoms with Gasteiger partial charge in [-0.15, -0.1) is 0 Å². The molecule has 1 aliphatic carbocycles. The summed E-state index contributed by atoms with van der Waals surface area (Å²) in [5.41, 5.74) is -0.136. The number of carbonyl (C=O) groups excluding carboxylic acids is 1. The first-order chi connectivity index (χ1) is 13.9. The summed E-state index contributed by atoms with van der Waals surface area (Å²) < 4.78 is 45.6. The van der Waals surface area contributed by atoms with Crippen LogP contribution in [0.2, 0.25) is 0 Å². The Labute approximate surface area is 163 Å². The Bertz CT molecular complexity index is 1020. The molecule has 10 heteroatoms. The molecule has 0 spiro atoms. The second kappa shape index (κ2) is 7.53. The number of carbonyl (C=O) groups is 1. The van der Waals surface area contributed by atoms with Crippen molar-refractivity contribution in [3.05, 3.63) is 60.0 Å². The van der Waals surface area contributed by atoms with E-state index in [1.165, 1.54) is 22.9 Å². The summed E-state index contributed by atoms with van der Waals surface area (Å²) in [5.74, 6) is -0.102. The molecular weight excluding hydrogens is 387 g/mol. The first-order valence-electron chi connectivity index (χ1n) is 8.88. The minimum absolute atomic E-state index is 0.276. The Morgan fingerprint density at radius 3 is 2.59 bits per heavy atom. The molecule has 29 heavy (non-hydrogen) atoms. The standard InChI is InChI=1S/C19H16F3N5O2/c20-19(21,22)13-4-1-2-5-15(13)29-11-17(28)25-16-10-14(12-6-7-12)26-27(16)18-23-8-3-9-24-18/h1-5,8-10,12H,6-7,11H2,(H,25,28). The van der Waals surface area contributed by atoms with Gasteiger partial charge in [0.1, 0.15) is 11.6 Å². The van der Waals surface area contributed by atoms with Crippen LogP contribution in [0.15, 0.2) is 48.8 Å². The summed E-state index contributed by atoms with van der Waals surface area (Å²) in [4.78, 5) is 20.6. The van der Waals surface area contributed by atoms with Crippen LogP contribution in [-0.2, 0) is 11.0 Å². The highest BCUT2D eigenvalue weighted by Crippen LogP contribution is 2.40. The van der Waals surface area contributed by atoms with Gasteiger partial charge in [-0.1, -0.05) is 12.1 Å². The molecular formula is C19H16F3N5O2. The third-order valence-corrected chi connectivity index (χ3v) is 4.28. The van der Waals surface area contributed by atoms with E-state index >= 15 is 0 Å². The van der Waals surface area contributed by atoms with E-state index in [1.807, 2.05) is 0 Å². The van der Waals surface area contributed by atoms with Gasteiger partial charge in [-0.2, -0.15) is 23.0 Å². The molecule has 1 saturated carbocycles. The number of benzene rings is 1. The molecule has 0 radical (unpaired) electrons. The maximum absolute atomic E-state index is 13.0. The van der Waals surface area contributed by atoms with E-state index in [0.29, 0.717) is 11.7 Å². The number of ether oxygens (including phenoxy) is 1. The molecule has 4 rings (SSSR count). The fraction of sp³-hybridized carbons (Fsp3) is 0.263. The Morgan fingerprint density at radius 1 is 1.17 bits per heavy atom. The van der Waals surface area contributed by atoms with Crippen molar-refractivity contribution in [3.8, 4) is 11.7 Å². The summed E-state index contributed by atoms with van der Waals surface area (Å²) in [7, 11) is 0. The SMILES string of the molecule is O=C(COc1ccccc1C(F)(F)F)Nc1cc(C2CC2)nn1-c1ncccn1. The Morgan fingerprint density at radius 2 is 1.90 bits per heavy atom. The molecule has 1 N–H and O–H groups in total. The molecule has 2 heterocycles. The average molecular weight is 403 g/mol. The van der Waals surface area contributed by atoms with Crippen molar-refractivity contribution in [2.24, 2.45) is 0 Å². The van der Waals surface area contributed by atoms with Crippen LogP contribution in [0.3, 0.4) is 0 Å². The lowest BCUT2D eigenvalue weighted by Crippen LogP contribution is -2.23. The van der Waals surface area contributed by atoms with Crippen molar-refractivity contribution >= 4 is 11.7 Å². The minimum atomic E-state index is -4.57. The molecule has 150 valence electrons. The molecule has 3 aromatic rings. The number of hydrogen-bond acceptors (Lipinski definition) is 5. The number of amides is 1. The quantitative estimate of drug-likeness (QED) is 0.680. The van der Waals surface area contributed by atoms with Crippen LogP contribution < -0.4 is 10.1 Å². The van der Waals surface area contributed by atoms with E-state index < -0.39 is 30.0 Å². The van der Waals surface area contributed by atoms with E-state index in [1.54, 1.807) is 24.5 Å². The molecule has 7 nitrogen and oxygen atoms in total. The third-order valence-electron chi connectivity index (χ3n) is 4.28. The Balaban J connectivity index is 1.49. The van der Waals surface area contributed by atoms with Gasteiger partial charge in [-0.3, -0.25) is 4.79 Å². The predicted octanol–water partition coefficient (Wildman–Crippen LogP) is 3.58. The van der Waals surface area contributed by atoms with Crippen LogP contribution in [0.1, 0.15) is 30.0 Å². The lowest BCUT2D eigenvalue weighted by molar-refractivity contribution is -0.139. The first-order valence-corrected chi connectivity index (χ1v) is 8.88. The fourth-order valence-corrected chi connectivity index (χ4v) is 2.77. The molecule has 0 aliphatic heterocycles. The van der Waals surface area contributed by atoms with Gasteiger partial charge in [0, 0.05) is 24.4 Å². The van der Waals surface area contributed by atoms with Gasteiger partial charge in [0.15, 0.2) is 6.61 Å². The zero-order valence-electron chi connectivity index (χ0n) is 15.1. The van der Waals surface area contributed by atoms with Crippen LogP contribution in [-0.4, -0.2) is 32.3 Å². The smallest absolute Gasteiger partial charge is 0.419 e. The molecule has 1 amide bonds. The largest absolute Gasteiger partial charge is 0.483 e. The normalized spacial score (nSPS) is 13.9. The number of halogens is 3. The van der Waals surface area contributed by atoms with E-state index in [-0.39, 0.29) is 5.95 Å². The van der Waals surface area contributed by atoms with E-state index in [0.717, 1.165) is 24.6 Å². The summed E-state index contributed by atoms with van der Waals surface area (Å²) in [6.45, 7) is -0.591. The van der Waals surface area contributed by atoms with Gasteiger partial charge in [0.05, 0.1) is 11.3 Å². The monoisotopic (exact) mass is 403 g/mol. The lowest BCUT2D eigenvalue weighted by atomic mass is 10.2. The topological polar surface area (TPSA) is 81.9 Å². The molecule has 0 bridgehead atoms. The fourth-order valence-electron chi connectivity index (χ4n) is 2.77. The number of nitrogens with one attached hydrogen (secondary N) is 1. The highest BCUT2D eigenvalue weighted by atomic mass is 19.4. The van der Waals surface area contributed by atoms with Crippen molar-refractivity contribution in [3.63, 3.8) is 0 Å². The van der Waals surface area contributed by atoms with Gasteiger partial charge in [0.25, 0.3) is 11.9 Å². The highest BCUT2D eigenvalue weighted by Gasteiger charge is 2.34. The van der Waals surface area contributed by atoms with Crippen molar-refractivity contribution in [1.82, 2.24) is 19.7 Å². The number of para-hydroxylation sites is 1. The van der Waals surface area contributed by atoms with Crippen molar-refractivity contribution < 1.29 is 22.7 Å². The van der Waals surface area contributed by atoms with E-state index in [9.17, 15) is 18.0 Å². The minimum Gasteiger partial charge on any atom is -0.483 e. The van der Waals surface area contributed by atoms with E-state index in [4.69, 9.17) is 4.74 Å². The molecule has 0 saturated heterocycles. The maximum Gasteiger partial charge on any atom is 0.419 e. The second-order valence-electron chi connectivity index (χ2n) is 6.52. The Hall–Kier alpha value is -3.43. The van der Waals surface area contributed by atoms with Crippen LogP contribution in [0.25, 0.3) is 5.95 Å². The number of nitrogens with zero attached hydrogens (tertiary/aromatic N) is 4. The first kappa shape index (κ1) is 18.9. The van der Waals surface area contributed by atoms with Crippen molar-refractivity contribution in [2.45, 2.75) is 24.9 Å². The molecule has 1 aromatic carbocycles. The zero-order chi connectivity index (χ0) is 20.4. The van der Waals surface area contributed by atoms with Gasteiger partial charge in [-0.05, 0) is 31.0 Å². The van der Waals surface area contributed by atoms with Crippen LogP contribution >= 0.6 is 0 Å². The van der Waals surface area contributed by atoms with Crippen molar-refractivity contribution in [1.29, 1.82) is 0 Å². The third kappa shape index (κ3) is 4.36. The second-order valence-corrected chi connectivity index (χ2v) is 6.52. The van der Waals surface area contributed by atoms with Crippen molar-refractivity contribution in [2.75, 3.05) is 11.9 Å². The summed E-state index contributed by atoms with van der Waals surface area (Å²) in [6.07, 6.45) is 0.539. The highest BCUT2D eigenvalue weighted by molar-refractivity contribution is 5.91. The Kier molecular flexibility index (Phi) is 4.91. The number of hydrogen-bond donors (Lipinski definition) is 1. The maximum atomic E-state index is 13.0. The number of rotatable bonds is 6. The summed E-state index contributed by atoms with van der Waals surface area (Å²) in [5, 5.41) is 7.06. The van der Waals surface area contributed by atoms with Gasteiger partial charge < -0.3 is 10.1 Å². The summed E-state index contributed by atoms with van der Waals surface area (Å²) >= 11 is 0. The molecule has 2 aromatic heterocycles. The molecule has 0 atom stereocenters. The van der Waals surface area contributed by atoms with Gasteiger partial charge >= 0.3 is 6.18 Å². The van der Waals surface area contributed by atoms with Crippen LogP contribution in [0.5, 0.6) is 5.75 Å². The van der Waals surface area contributed by atoms with Crippen LogP contribution in [0.4, 0.5) is 19.0 Å². The molecule has 1 aliphatic rings. The number of aromatic nitrogens is 4. The van der Waals surface area contributed by atoms with Crippen LogP contribution in [0, 0.1) is 0 Å². The number of anilines is 1. The molecule has 0 unspecified atom stereocenters. The average Bonchev–Trinajstić information content (AvgIpc) is 3.47. The van der Waals surface area contributed by atoms with Gasteiger partial charge in [0.2, 0.25) is 0 Å². The summed E-state index contributed by atoms with van der Waals surface area (Å²) in [6, 6.07) is 8.11. The molecule has 1 fully saturated rings. The number of alkyl halides is 3. The zero-order valence-corrected chi connectivity index (χ0v) is 15.1. The predicted molar refractivity (Wildman–Crippen MR) is 96.7 cm³/mol. The van der Waals surface area contributed by atoms with E-state index in [2.05, 4.69) is 20.4 Å². The lowest BCUT2D eigenvalue weighted by Gasteiger charge is -2.13. The van der Waals surface area contributed by atoms with Gasteiger partial charge in [-0.25, -0.2) is 9.97 Å².